The van der Waals surface area contributed by atoms with Crippen molar-refractivity contribution in [1.29, 1.82) is 0 Å². The highest BCUT2D eigenvalue weighted by Gasteiger charge is 2.16. The minimum Gasteiger partial charge on any atom is -0.467 e. The fraction of sp³-hybridized carbons (Fsp3) is 0.250. The first-order valence-electron chi connectivity index (χ1n) is 6.64. The van der Waals surface area contributed by atoms with Crippen molar-refractivity contribution >= 4 is 16.9 Å². The van der Waals surface area contributed by atoms with E-state index in [0.29, 0.717) is 13.0 Å². The van der Waals surface area contributed by atoms with Crippen LogP contribution in [-0.2, 0) is 16.0 Å². The average molecular weight is 269 g/mol. The highest BCUT2D eigenvalue weighted by atomic mass is 16.5. The minimum absolute atomic E-state index is 0.252. The van der Waals surface area contributed by atoms with Crippen LogP contribution in [0.1, 0.15) is 19.1 Å². The molecule has 0 saturated heterocycles. The molecule has 1 aromatic carbocycles. The molecule has 1 aromatic rings. The average Bonchev–Trinajstić information content (AvgIpc) is 2.83. The van der Waals surface area contributed by atoms with Crippen molar-refractivity contribution in [2.24, 2.45) is 0 Å². The molecule has 0 spiro atoms. The van der Waals surface area contributed by atoms with Gasteiger partial charge in [-0.2, -0.15) is 0 Å². The maximum atomic E-state index is 10.7. The summed E-state index contributed by atoms with van der Waals surface area (Å²) in [5.74, 6) is 0.586. The molecule has 0 aliphatic carbocycles. The summed E-state index contributed by atoms with van der Waals surface area (Å²) in [4.78, 5) is 15.4. The van der Waals surface area contributed by atoms with E-state index < -0.39 is 0 Å². The van der Waals surface area contributed by atoms with E-state index in [9.17, 15) is 4.79 Å². The first-order chi connectivity index (χ1) is 9.75. The van der Waals surface area contributed by atoms with E-state index in [0.717, 1.165) is 34.3 Å². The monoisotopic (exact) mass is 269 g/mol. The molecule has 0 bridgehead atoms. The molecule has 2 heterocycles. The number of hydrogen-bond donors (Lipinski definition) is 0. The molecule has 0 N–H and O–H groups in total. The number of para-hydroxylation sites is 1. The summed E-state index contributed by atoms with van der Waals surface area (Å²) in [6, 6.07) is 9.99. The van der Waals surface area contributed by atoms with Gasteiger partial charge in [-0.05, 0) is 18.6 Å². The van der Waals surface area contributed by atoms with E-state index >= 15 is 0 Å². The second kappa shape index (κ2) is 5.33. The molecule has 0 amide bonds. The van der Waals surface area contributed by atoms with Crippen molar-refractivity contribution in [3.8, 4) is 11.3 Å². The number of carbonyl (C=O) groups is 1. The van der Waals surface area contributed by atoms with Crippen molar-refractivity contribution in [3.05, 3.63) is 42.4 Å². The van der Waals surface area contributed by atoms with Crippen LogP contribution in [0, 0.1) is 0 Å². The SMILES string of the molecule is CC(=O)OCCCc1occc2c3ccccc3nc1-2. The molecule has 2 aliphatic rings. The first-order valence-corrected chi connectivity index (χ1v) is 6.64. The summed E-state index contributed by atoms with van der Waals surface area (Å²) in [6.45, 7) is 1.82. The van der Waals surface area contributed by atoms with Crippen LogP contribution in [0.5, 0.6) is 0 Å². The Morgan fingerprint density at radius 1 is 1.30 bits per heavy atom. The molecule has 0 atom stereocenters. The lowest BCUT2D eigenvalue weighted by atomic mass is 10.1. The number of ether oxygens (including phenoxy) is 1. The van der Waals surface area contributed by atoms with Crippen LogP contribution in [-0.4, -0.2) is 17.6 Å². The van der Waals surface area contributed by atoms with Gasteiger partial charge in [-0.15, -0.1) is 0 Å². The van der Waals surface area contributed by atoms with E-state index in [2.05, 4.69) is 11.1 Å². The minimum atomic E-state index is -0.252. The van der Waals surface area contributed by atoms with Crippen LogP contribution >= 0.6 is 0 Å². The molecule has 0 radical (unpaired) electrons. The molecule has 20 heavy (non-hydrogen) atoms. The van der Waals surface area contributed by atoms with Crippen LogP contribution in [0.4, 0.5) is 0 Å². The van der Waals surface area contributed by atoms with Gasteiger partial charge >= 0.3 is 5.97 Å². The second-order valence-electron chi connectivity index (χ2n) is 4.68. The Balaban J connectivity index is 1.85. The van der Waals surface area contributed by atoms with Crippen LogP contribution in [0.25, 0.3) is 22.2 Å². The van der Waals surface area contributed by atoms with Gasteiger partial charge in [0, 0.05) is 24.3 Å². The number of hydrogen-bond acceptors (Lipinski definition) is 4. The number of fused-ring (bicyclic) bond motifs is 3. The number of carbonyl (C=O) groups excluding carboxylic acids is 1. The Kier molecular flexibility index (Phi) is 3.37. The van der Waals surface area contributed by atoms with E-state index in [1.807, 2.05) is 24.3 Å². The molecular weight excluding hydrogens is 254 g/mol. The number of aromatic nitrogens is 1. The Bertz CT molecular complexity index is 717. The first kappa shape index (κ1) is 12.7. The van der Waals surface area contributed by atoms with Gasteiger partial charge in [0.2, 0.25) is 0 Å². The molecule has 0 aromatic heterocycles. The van der Waals surface area contributed by atoms with Gasteiger partial charge in [0.15, 0.2) is 0 Å². The lowest BCUT2D eigenvalue weighted by molar-refractivity contribution is -0.141. The fourth-order valence-electron chi connectivity index (χ4n) is 2.35. The van der Waals surface area contributed by atoms with E-state index in [-0.39, 0.29) is 5.97 Å². The van der Waals surface area contributed by atoms with Crippen molar-refractivity contribution in [1.82, 2.24) is 4.98 Å². The standard InChI is InChI=1S/C16H15NO3/c1-11(18)19-9-4-7-15-16-13(8-10-20-15)12-5-2-3-6-14(12)17-16/h2-3,5-6,8,10H,4,7,9H2,1H3. The molecule has 4 heteroatoms. The van der Waals surface area contributed by atoms with Gasteiger partial charge in [-0.1, -0.05) is 18.2 Å². The molecular formula is C16H15NO3. The number of rotatable bonds is 4. The predicted molar refractivity (Wildman–Crippen MR) is 75.6 cm³/mol. The lowest BCUT2D eigenvalue weighted by Crippen LogP contribution is -2.02. The topological polar surface area (TPSA) is 52.3 Å². The second-order valence-corrected chi connectivity index (χ2v) is 4.68. The largest absolute Gasteiger partial charge is 0.467 e. The summed E-state index contributed by atoms with van der Waals surface area (Å²) < 4.78 is 10.5. The Morgan fingerprint density at radius 3 is 3.00 bits per heavy atom. The van der Waals surface area contributed by atoms with E-state index in [1.165, 1.54) is 6.92 Å². The van der Waals surface area contributed by atoms with Gasteiger partial charge < -0.3 is 9.15 Å². The number of esters is 1. The smallest absolute Gasteiger partial charge is 0.302 e. The van der Waals surface area contributed by atoms with Gasteiger partial charge in [-0.3, -0.25) is 4.79 Å². The van der Waals surface area contributed by atoms with Crippen molar-refractivity contribution in [3.63, 3.8) is 0 Å². The third kappa shape index (κ3) is 2.37. The van der Waals surface area contributed by atoms with Crippen molar-refractivity contribution < 1.29 is 13.9 Å². The molecule has 0 saturated carbocycles. The fourth-order valence-corrected chi connectivity index (χ4v) is 2.35. The molecule has 4 nitrogen and oxygen atoms in total. The summed E-state index contributed by atoms with van der Waals surface area (Å²) in [7, 11) is 0. The number of nitrogens with zero attached hydrogens (tertiary/aromatic N) is 1. The maximum Gasteiger partial charge on any atom is 0.302 e. The lowest BCUT2D eigenvalue weighted by Gasteiger charge is -2.05. The van der Waals surface area contributed by atoms with Crippen LogP contribution in [0.3, 0.4) is 0 Å². The van der Waals surface area contributed by atoms with E-state index in [1.54, 1.807) is 6.26 Å². The normalized spacial score (nSPS) is 11.1. The van der Waals surface area contributed by atoms with Crippen molar-refractivity contribution in [2.45, 2.75) is 19.8 Å². The van der Waals surface area contributed by atoms with Crippen molar-refractivity contribution in [2.75, 3.05) is 6.61 Å². The van der Waals surface area contributed by atoms with E-state index in [4.69, 9.17) is 9.15 Å². The summed E-state index contributed by atoms with van der Waals surface area (Å²) in [6.07, 6.45) is 3.12. The van der Waals surface area contributed by atoms with Gasteiger partial charge in [0.05, 0.1) is 18.4 Å². The molecule has 102 valence electrons. The third-order valence-electron chi connectivity index (χ3n) is 3.24. The molecule has 2 aliphatic heterocycles. The number of benzene rings is 1. The quantitative estimate of drug-likeness (QED) is 0.538. The highest BCUT2D eigenvalue weighted by Crippen LogP contribution is 2.33. The van der Waals surface area contributed by atoms with Gasteiger partial charge in [0.1, 0.15) is 11.5 Å². The Labute approximate surface area is 116 Å². The van der Waals surface area contributed by atoms with Gasteiger partial charge in [-0.25, -0.2) is 4.98 Å². The number of aryl methyl sites for hydroxylation is 1. The zero-order valence-electron chi connectivity index (χ0n) is 11.3. The van der Waals surface area contributed by atoms with Gasteiger partial charge in [0.25, 0.3) is 0 Å². The van der Waals surface area contributed by atoms with Crippen LogP contribution in [0.15, 0.2) is 41.0 Å². The molecule has 0 fully saturated rings. The summed E-state index contributed by atoms with van der Waals surface area (Å²) in [5, 5.41) is 1.14. The third-order valence-corrected chi connectivity index (χ3v) is 3.24. The summed E-state index contributed by atoms with van der Waals surface area (Å²) >= 11 is 0. The van der Waals surface area contributed by atoms with Crippen LogP contribution < -0.4 is 0 Å². The molecule has 3 rings (SSSR count). The predicted octanol–water partition coefficient (Wildman–Crippen LogP) is 3.43. The zero-order valence-corrected chi connectivity index (χ0v) is 11.3. The zero-order chi connectivity index (χ0) is 13.9. The maximum absolute atomic E-state index is 10.7. The Morgan fingerprint density at radius 2 is 2.15 bits per heavy atom. The summed E-state index contributed by atoms with van der Waals surface area (Å²) in [5.41, 5.74) is 2.98. The highest BCUT2D eigenvalue weighted by molar-refractivity contribution is 5.97. The van der Waals surface area contributed by atoms with Crippen LogP contribution in [0.2, 0.25) is 0 Å². The Hall–Kier alpha value is -2.36. The molecule has 0 unspecified atom stereocenters.